The quantitative estimate of drug-likeness (QED) is 0.846. The van der Waals surface area contributed by atoms with Crippen LogP contribution in [0.3, 0.4) is 0 Å². The zero-order valence-electron chi connectivity index (χ0n) is 13.8. The van der Waals surface area contributed by atoms with Gasteiger partial charge in [-0.1, -0.05) is 12.1 Å². The van der Waals surface area contributed by atoms with Gasteiger partial charge in [-0.3, -0.25) is 0 Å². The van der Waals surface area contributed by atoms with Crippen molar-refractivity contribution in [2.24, 2.45) is 5.92 Å². The Morgan fingerprint density at radius 1 is 1.32 bits per heavy atom. The van der Waals surface area contributed by atoms with E-state index >= 15 is 0 Å². The Bertz CT molecular complexity index is 470. The zero-order valence-corrected chi connectivity index (χ0v) is 13.8. The summed E-state index contributed by atoms with van der Waals surface area (Å²) in [5, 5.41) is 13.7. The third kappa shape index (κ3) is 4.51. The highest BCUT2D eigenvalue weighted by molar-refractivity contribution is 5.19. The van der Waals surface area contributed by atoms with Crippen LogP contribution in [0.15, 0.2) is 24.3 Å². The van der Waals surface area contributed by atoms with E-state index in [-0.39, 0.29) is 11.4 Å². The molecule has 22 heavy (non-hydrogen) atoms. The molecule has 1 atom stereocenters. The lowest BCUT2D eigenvalue weighted by atomic mass is 9.75. The van der Waals surface area contributed by atoms with Crippen molar-refractivity contribution >= 4 is 0 Å². The number of ether oxygens (including phenoxy) is 1. The molecule has 0 aliphatic heterocycles. The molecule has 124 valence electrons. The van der Waals surface area contributed by atoms with Crippen LogP contribution in [-0.2, 0) is 4.74 Å². The number of aliphatic hydroxyl groups is 1. The van der Waals surface area contributed by atoms with E-state index in [2.05, 4.69) is 19.2 Å². The van der Waals surface area contributed by atoms with Crippen molar-refractivity contribution in [2.75, 3.05) is 13.7 Å². The molecule has 0 spiro atoms. The summed E-state index contributed by atoms with van der Waals surface area (Å²) in [5.41, 5.74) is 0.568. The first-order valence-corrected chi connectivity index (χ1v) is 8.13. The van der Waals surface area contributed by atoms with Gasteiger partial charge in [-0.2, -0.15) is 0 Å². The number of methoxy groups -OCH3 is 1. The predicted octanol–water partition coefficient (Wildman–Crippen LogP) is 3.43. The van der Waals surface area contributed by atoms with Crippen LogP contribution in [0.5, 0.6) is 0 Å². The molecule has 1 unspecified atom stereocenters. The van der Waals surface area contributed by atoms with Crippen molar-refractivity contribution in [3.63, 3.8) is 0 Å². The maximum atomic E-state index is 13.2. The summed E-state index contributed by atoms with van der Waals surface area (Å²) in [6, 6.07) is 6.17. The molecular weight excluding hydrogens is 281 g/mol. The normalized spacial score (nSPS) is 24.2. The SMILES string of the molecule is COC1CCC(C(C)(C)NCC(O)c2cccc(F)c2)CC1. The summed E-state index contributed by atoms with van der Waals surface area (Å²) in [5.74, 6) is 0.257. The van der Waals surface area contributed by atoms with Crippen molar-refractivity contribution in [1.29, 1.82) is 0 Å². The van der Waals surface area contributed by atoms with Gasteiger partial charge in [0.05, 0.1) is 12.2 Å². The number of hydrogen-bond acceptors (Lipinski definition) is 3. The van der Waals surface area contributed by atoms with Crippen LogP contribution < -0.4 is 5.32 Å². The fraction of sp³-hybridized carbons (Fsp3) is 0.667. The summed E-state index contributed by atoms with van der Waals surface area (Å²) in [6.07, 6.45) is 4.16. The molecule has 0 heterocycles. The van der Waals surface area contributed by atoms with E-state index in [0.29, 0.717) is 24.1 Å². The molecule has 1 aromatic rings. The van der Waals surface area contributed by atoms with Crippen LogP contribution in [0.1, 0.15) is 51.2 Å². The monoisotopic (exact) mass is 309 g/mol. The summed E-state index contributed by atoms with van der Waals surface area (Å²) >= 11 is 0. The molecule has 0 bridgehead atoms. The van der Waals surface area contributed by atoms with Crippen LogP contribution in [0, 0.1) is 11.7 Å². The molecule has 1 aromatic carbocycles. The highest BCUT2D eigenvalue weighted by Crippen LogP contribution is 2.33. The zero-order chi connectivity index (χ0) is 16.2. The van der Waals surface area contributed by atoms with Crippen molar-refractivity contribution in [1.82, 2.24) is 5.32 Å². The molecule has 0 radical (unpaired) electrons. The molecule has 2 rings (SSSR count). The Morgan fingerprint density at radius 3 is 2.59 bits per heavy atom. The van der Waals surface area contributed by atoms with Crippen LogP contribution in [-0.4, -0.2) is 30.4 Å². The average Bonchev–Trinajstić information content (AvgIpc) is 2.52. The lowest BCUT2D eigenvalue weighted by Gasteiger charge is -2.40. The van der Waals surface area contributed by atoms with E-state index in [9.17, 15) is 9.50 Å². The van der Waals surface area contributed by atoms with Crippen molar-refractivity contribution in [2.45, 2.75) is 57.3 Å². The summed E-state index contributed by atoms with van der Waals surface area (Å²) in [4.78, 5) is 0. The van der Waals surface area contributed by atoms with Gasteiger partial charge in [0.15, 0.2) is 0 Å². The topological polar surface area (TPSA) is 41.5 Å². The number of hydrogen-bond donors (Lipinski definition) is 2. The Morgan fingerprint density at radius 2 is 2.00 bits per heavy atom. The molecule has 0 aromatic heterocycles. The second kappa shape index (κ2) is 7.53. The lowest BCUT2D eigenvalue weighted by Crippen LogP contribution is -2.49. The molecular formula is C18H28FNO2. The Balaban J connectivity index is 1.87. The maximum Gasteiger partial charge on any atom is 0.123 e. The minimum Gasteiger partial charge on any atom is -0.387 e. The molecule has 2 N–H and O–H groups in total. The second-order valence-electron chi connectivity index (χ2n) is 6.88. The van der Waals surface area contributed by atoms with Crippen LogP contribution in [0.4, 0.5) is 4.39 Å². The van der Waals surface area contributed by atoms with E-state index < -0.39 is 6.10 Å². The standard InChI is InChI=1S/C18H28FNO2/c1-18(2,14-7-9-16(22-3)10-8-14)20-12-17(21)13-5-4-6-15(19)11-13/h4-6,11,14,16-17,20-21H,7-10,12H2,1-3H3. The molecule has 0 saturated heterocycles. The minimum absolute atomic E-state index is 0.0486. The van der Waals surface area contributed by atoms with Crippen LogP contribution >= 0.6 is 0 Å². The van der Waals surface area contributed by atoms with Gasteiger partial charge < -0.3 is 15.2 Å². The maximum absolute atomic E-state index is 13.2. The summed E-state index contributed by atoms with van der Waals surface area (Å²) < 4.78 is 18.6. The summed E-state index contributed by atoms with van der Waals surface area (Å²) in [7, 11) is 1.78. The highest BCUT2D eigenvalue weighted by atomic mass is 19.1. The van der Waals surface area contributed by atoms with Gasteiger partial charge in [0, 0.05) is 19.2 Å². The van der Waals surface area contributed by atoms with E-state index in [4.69, 9.17) is 4.74 Å². The number of aliphatic hydroxyl groups excluding tert-OH is 1. The van der Waals surface area contributed by atoms with Crippen LogP contribution in [0.25, 0.3) is 0 Å². The fourth-order valence-corrected chi connectivity index (χ4v) is 3.36. The Kier molecular flexibility index (Phi) is 5.95. The van der Waals surface area contributed by atoms with Gasteiger partial charge in [-0.05, 0) is 63.1 Å². The first-order chi connectivity index (χ1) is 10.4. The lowest BCUT2D eigenvalue weighted by molar-refractivity contribution is 0.0380. The third-order valence-electron chi connectivity index (χ3n) is 5.01. The smallest absolute Gasteiger partial charge is 0.123 e. The number of nitrogens with one attached hydrogen (secondary N) is 1. The van der Waals surface area contributed by atoms with Crippen molar-refractivity contribution in [3.8, 4) is 0 Å². The van der Waals surface area contributed by atoms with E-state index in [1.165, 1.54) is 12.1 Å². The first kappa shape index (κ1) is 17.4. The molecule has 0 amide bonds. The predicted molar refractivity (Wildman–Crippen MR) is 86.2 cm³/mol. The highest BCUT2D eigenvalue weighted by Gasteiger charge is 2.33. The van der Waals surface area contributed by atoms with Gasteiger partial charge in [0.1, 0.15) is 5.82 Å². The largest absolute Gasteiger partial charge is 0.387 e. The number of benzene rings is 1. The van der Waals surface area contributed by atoms with Gasteiger partial charge in [0.2, 0.25) is 0 Å². The summed E-state index contributed by atoms with van der Waals surface area (Å²) in [6.45, 7) is 4.80. The number of β-amino-alcohol motifs (C(OH)–C–C–N with tert-alkyl or cyclic N) is 1. The third-order valence-corrected chi connectivity index (χ3v) is 5.01. The Hall–Kier alpha value is -0.970. The number of halogens is 1. The van der Waals surface area contributed by atoms with Crippen molar-refractivity contribution in [3.05, 3.63) is 35.6 Å². The molecule has 1 aliphatic carbocycles. The molecule has 4 heteroatoms. The average molecular weight is 309 g/mol. The fourth-order valence-electron chi connectivity index (χ4n) is 3.36. The second-order valence-corrected chi connectivity index (χ2v) is 6.88. The number of rotatable bonds is 6. The van der Waals surface area contributed by atoms with Crippen LogP contribution in [0.2, 0.25) is 0 Å². The molecule has 3 nitrogen and oxygen atoms in total. The Labute approximate surface area is 132 Å². The molecule has 1 aliphatic rings. The van der Waals surface area contributed by atoms with Gasteiger partial charge in [-0.25, -0.2) is 4.39 Å². The van der Waals surface area contributed by atoms with E-state index in [1.807, 2.05) is 0 Å². The van der Waals surface area contributed by atoms with Crippen molar-refractivity contribution < 1.29 is 14.2 Å². The van der Waals surface area contributed by atoms with Gasteiger partial charge in [-0.15, -0.1) is 0 Å². The molecule has 1 saturated carbocycles. The van der Waals surface area contributed by atoms with E-state index in [1.54, 1.807) is 19.2 Å². The van der Waals surface area contributed by atoms with E-state index in [0.717, 1.165) is 25.7 Å². The molecule has 1 fully saturated rings. The minimum atomic E-state index is -0.690. The van der Waals surface area contributed by atoms with Gasteiger partial charge >= 0.3 is 0 Å². The van der Waals surface area contributed by atoms with Gasteiger partial charge in [0.25, 0.3) is 0 Å². The first-order valence-electron chi connectivity index (χ1n) is 8.13.